The molecule has 126 valence electrons. The van der Waals surface area contributed by atoms with E-state index in [4.69, 9.17) is 4.74 Å². The van der Waals surface area contributed by atoms with Gasteiger partial charge in [0.15, 0.2) is 0 Å². The summed E-state index contributed by atoms with van der Waals surface area (Å²) >= 11 is 0. The zero-order valence-electron chi connectivity index (χ0n) is 13.6. The number of rotatable bonds is 6. The molecule has 0 aliphatic heterocycles. The van der Waals surface area contributed by atoms with Crippen LogP contribution in [-0.4, -0.2) is 31.6 Å². The molecule has 0 bridgehead atoms. The molecule has 0 aliphatic rings. The molecule has 0 saturated heterocycles. The standard InChI is InChI=1S/C17H19N3O3S/c1-20-16-6-4-3-5-15(16)19-17(20)11-12-18-24(21,22)14-9-7-13(23-2)8-10-14/h3-10,18H,11-12H2,1-2H3. The molecule has 1 N–H and O–H groups in total. The minimum absolute atomic E-state index is 0.216. The Morgan fingerprint density at radius 3 is 2.50 bits per heavy atom. The highest BCUT2D eigenvalue weighted by Gasteiger charge is 2.14. The number of hydrogen-bond acceptors (Lipinski definition) is 4. The SMILES string of the molecule is COc1ccc(S(=O)(=O)NCCc2nc3ccccc3n2C)cc1. The molecular weight excluding hydrogens is 326 g/mol. The first-order chi connectivity index (χ1) is 11.5. The van der Waals surface area contributed by atoms with Crippen molar-refractivity contribution >= 4 is 21.1 Å². The molecule has 0 fully saturated rings. The van der Waals surface area contributed by atoms with E-state index in [0.29, 0.717) is 12.2 Å². The van der Waals surface area contributed by atoms with Crippen molar-refractivity contribution in [3.05, 3.63) is 54.4 Å². The third-order valence-corrected chi connectivity index (χ3v) is 5.37. The van der Waals surface area contributed by atoms with Gasteiger partial charge in [-0.3, -0.25) is 0 Å². The number of aromatic nitrogens is 2. The monoisotopic (exact) mass is 345 g/mol. The van der Waals surface area contributed by atoms with Crippen LogP contribution in [0.3, 0.4) is 0 Å². The molecule has 24 heavy (non-hydrogen) atoms. The predicted octanol–water partition coefficient (Wildman–Crippen LogP) is 2.10. The highest BCUT2D eigenvalue weighted by Crippen LogP contribution is 2.16. The minimum atomic E-state index is -3.54. The molecule has 3 rings (SSSR count). The smallest absolute Gasteiger partial charge is 0.240 e. The number of aryl methyl sites for hydroxylation is 1. The third kappa shape index (κ3) is 3.27. The molecule has 3 aromatic rings. The summed E-state index contributed by atoms with van der Waals surface area (Å²) in [5, 5.41) is 0. The first kappa shape index (κ1) is 16.5. The van der Waals surface area contributed by atoms with Crippen LogP contribution in [0.2, 0.25) is 0 Å². The number of para-hydroxylation sites is 2. The van der Waals surface area contributed by atoms with E-state index in [1.807, 2.05) is 35.9 Å². The van der Waals surface area contributed by atoms with E-state index in [0.717, 1.165) is 16.9 Å². The highest BCUT2D eigenvalue weighted by atomic mass is 32.2. The lowest BCUT2D eigenvalue weighted by atomic mass is 10.3. The maximum atomic E-state index is 12.3. The molecule has 0 unspecified atom stereocenters. The van der Waals surface area contributed by atoms with Crippen molar-refractivity contribution in [2.45, 2.75) is 11.3 Å². The lowest BCUT2D eigenvalue weighted by Crippen LogP contribution is -2.26. The zero-order valence-corrected chi connectivity index (χ0v) is 14.4. The van der Waals surface area contributed by atoms with Gasteiger partial charge in [-0.05, 0) is 36.4 Å². The number of nitrogens with zero attached hydrogens (tertiary/aromatic N) is 2. The number of sulfonamides is 1. The summed E-state index contributed by atoms with van der Waals surface area (Å²) in [6, 6.07) is 14.1. The first-order valence-corrected chi connectivity index (χ1v) is 9.03. The van der Waals surface area contributed by atoms with Gasteiger partial charge in [0.05, 0.1) is 23.0 Å². The van der Waals surface area contributed by atoms with Gasteiger partial charge in [0, 0.05) is 20.0 Å². The molecule has 0 amide bonds. The summed E-state index contributed by atoms with van der Waals surface area (Å²) in [6.45, 7) is 0.283. The van der Waals surface area contributed by atoms with Crippen LogP contribution in [0.5, 0.6) is 5.75 Å². The molecule has 1 aromatic heterocycles. The van der Waals surface area contributed by atoms with Crippen LogP contribution < -0.4 is 9.46 Å². The highest BCUT2D eigenvalue weighted by molar-refractivity contribution is 7.89. The minimum Gasteiger partial charge on any atom is -0.497 e. The Labute approximate surface area is 141 Å². The van der Waals surface area contributed by atoms with Crippen molar-refractivity contribution in [1.82, 2.24) is 14.3 Å². The van der Waals surface area contributed by atoms with Crippen LogP contribution in [0.4, 0.5) is 0 Å². The maximum Gasteiger partial charge on any atom is 0.240 e. The second-order valence-electron chi connectivity index (χ2n) is 5.40. The Bertz CT molecular complexity index is 947. The fraction of sp³-hybridized carbons (Fsp3) is 0.235. The van der Waals surface area contributed by atoms with Gasteiger partial charge in [-0.25, -0.2) is 18.1 Å². The van der Waals surface area contributed by atoms with Gasteiger partial charge in [-0.2, -0.15) is 0 Å². The largest absolute Gasteiger partial charge is 0.497 e. The lowest BCUT2D eigenvalue weighted by Gasteiger charge is -2.08. The van der Waals surface area contributed by atoms with Crippen LogP contribution in [-0.2, 0) is 23.5 Å². The summed E-state index contributed by atoms with van der Waals surface area (Å²) < 4.78 is 34.2. The van der Waals surface area contributed by atoms with Gasteiger partial charge < -0.3 is 9.30 Å². The number of hydrogen-bond donors (Lipinski definition) is 1. The van der Waals surface area contributed by atoms with Crippen LogP contribution in [0.15, 0.2) is 53.4 Å². The van der Waals surface area contributed by atoms with E-state index in [1.165, 1.54) is 12.1 Å². The average Bonchev–Trinajstić information content (AvgIpc) is 2.91. The summed E-state index contributed by atoms with van der Waals surface area (Å²) in [4.78, 5) is 4.75. The van der Waals surface area contributed by atoms with Crippen LogP contribution in [0.25, 0.3) is 11.0 Å². The topological polar surface area (TPSA) is 73.2 Å². The summed E-state index contributed by atoms with van der Waals surface area (Å²) in [5.74, 6) is 1.46. The van der Waals surface area contributed by atoms with Gasteiger partial charge in [0.2, 0.25) is 10.0 Å². The lowest BCUT2D eigenvalue weighted by molar-refractivity contribution is 0.414. The zero-order chi connectivity index (χ0) is 17.2. The number of methoxy groups -OCH3 is 1. The molecule has 0 radical (unpaired) electrons. The Morgan fingerprint density at radius 2 is 1.83 bits per heavy atom. The van der Waals surface area contributed by atoms with Gasteiger partial charge in [-0.1, -0.05) is 12.1 Å². The van der Waals surface area contributed by atoms with Crippen molar-refractivity contribution in [1.29, 1.82) is 0 Å². The fourth-order valence-corrected chi connectivity index (χ4v) is 3.59. The van der Waals surface area contributed by atoms with E-state index in [1.54, 1.807) is 19.2 Å². The molecule has 0 spiro atoms. The summed E-state index contributed by atoms with van der Waals surface area (Å²) in [7, 11) is -0.0675. The third-order valence-electron chi connectivity index (χ3n) is 3.89. The Kier molecular flexibility index (Phi) is 4.55. The van der Waals surface area contributed by atoms with Gasteiger partial charge >= 0.3 is 0 Å². The second kappa shape index (κ2) is 6.62. The summed E-state index contributed by atoms with van der Waals surface area (Å²) in [6.07, 6.45) is 0.514. The van der Waals surface area contributed by atoms with E-state index >= 15 is 0 Å². The van der Waals surface area contributed by atoms with E-state index in [-0.39, 0.29) is 11.4 Å². The predicted molar refractivity (Wildman–Crippen MR) is 92.6 cm³/mol. The van der Waals surface area contributed by atoms with Crippen LogP contribution in [0.1, 0.15) is 5.82 Å². The Balaban J connectivity index is 1.69. The maximum absolute atomic E-state index is 12.3. The van der Waals surface area contributed by atoms with E-state index in [9.17, 15) is 8.42 Å². The van der Waals surface area contributed by atoms with Crippen molar-refractivity contribution in [3.8, 4) is 5.75 Å². The Hall–Kier alpha value is -2.38. The molecule has 7 heteroatoms. The average molecular weight is 345 g/mol. The molecule has 2 aromatic carbocycles. The van der Waals surface area contributed by atoms with E-state index < -0.39 is 10.0 Å². The number of benzene rings is 2. The molecule has 1 heterocycles. The second-order valence-corrected chi connectivity index (χ2v) is 7.17. The van der Waals surface area contributed by atoms with E-state index in [2.05, 4.69) is 9.71 Å². The molecule has 0 saturated carbocycles. The van der Waals surface area contributed by atoms with Crippen LogP contribution >= 0.6 is 0 Å². The Morgan fingerprint density at radius 1 is 1.12 bits per heavy atom. The quantitative estimate of drug-likeness (QED) is 0.742. The first-order valence-electron chi connectivity index (χ1n) is 7.55. The molecule has 6 nitrogen and oxygen atoms in total. The van der Waals surface area contributed by atoms with Crippen molar-refractivity contribution in [3.63, 3.8) is 0 Å². The molecule has 0 atom stereocenters. The van der Waals surface area contributed by atoms with Crippen LogP contribution in [0, 0.1) is 0 Å². The molecular formula is C17H19N3O3S. The van der Waals surface area contributed by atoms with Gasteiger partial charge in [0.25, 0.3) is 0 Å². The number of fused-ring (bicyclic) bond motifs is 1. The van der Waals surface area contributed by atoms with Gasteiger partial charge in [0.1, 0.15) is 11.6 Å². The number of imidazole rings is 1. The van der Waals surface area contributed by atoms with Crippen molar-refractivity contribution < 1.29 is 13.2 Å². The number of ether oxygens (including phenoxy) is 1. The van der Waals surface area contributed by atoms with Crippen molar-refractivity contribution in [2.24, 2.45) is 7.05 Å². The number of nitrogens with one attached hydrogen (secondary N) is 1. The van der Waals surface area contributed by atoms with Gasteiger partial charge in [-0.15, -0.1) is 0 Å². The molecule has 0 aliphatic carbocycles. The van der Waals surface area contributed by atoms with Crippen molar-refractivity contribution in [2.75, 3.05) is 13.7 Å². The summed E-state index contributed by atoms with van der Waals surface area (Å²) in [5.41, 5.74) is 1.94. The normalized spacial score (nSPS) is 11.8. The fourth-order valence-electron chi connectivity index (χ4n) is 2.55.